The predicted molar refractivity (Wildman–Crippen MR) is 238 cm³/mol. The Balaban J connectivity index is 4.31. The lowest BCUT2D eigenvalue weighted by molar-refractivity contribution is -0.167. The summed E-state index contributed by atoms with van der Waals surface area (Å²) in [5.74, 6) is -0.0524. The van der Waals surface area contributed by atoms with E-state index in [1.165, 1.54) is 173 Å². The Hall–Kier alpha value is -1.59. The van der Waals surface area contributed by atoms with E-state index < -0.39 is 6.10 Å². The third kappa shape index (κ3) is 43.5. The van der Waals surface area contributed by atoms with Crippen LogP contribution in [0.3, 0.4) is 0 Å². The maximum atomic E-state index is 12.8. The molecule has 0 amide bonds. The van der Waals surface area contributed by atoms with Gasteiger partial charge in [-0.1, -0.05) is 240 Å². The molecular formula is C50H96O6. The molecular weight excluding hydrogens is 697 g/mol. The van der Waals surface area contributed by atoms with Crippen molar-refractivity contribution in [3.63, 3.8) is 0 Å². The van der Waals surface area contributed by atoms with Gasteiger partial charge in [0.1, 0.15) is 13.2 Å². The molecule has 0 spiro atoms. The topological polar surface area (TPSA) is 78.9 Å². The van der Waals surface area contributed by atoms with Crippen molar-refractivity contribution in [1.29, 1.82) is 0 Å². The first-order valence-corrected chi connectivity index (χ1v) is 24.9. The van der Waals surface area contributed by atoms with Gasteiger partial charge in [0, 0.05) is 19.3 Å². The van der Waals surface area contributed by atoms with E-state index in [4.69, 9.17) is 14.2 Å². The molecule has 0 bridgehead atoms. The molecule has 0 aliphatic rings. The van der Waals surface area contributed by atoms with Crippen LogP contribution in [-0.4, -0.2) is 37.2 Å². The number of carbonyl (C=O) groups excluding carboxylic acids is 3. The minimum atomic E-state index is -0.760. The van der Waals surface area contributed by atoms with Gasteiger partial charge >= 0.3 is 17.9 Å². The van der Waals surface area contributed by atoms with Crippen molar-refractivity contribution in [1.82, 2.24) is 0 Å². The third-order valence-electron chi connectivity index (χ3n) is 11.3. The first-order valence-electron chi connectivity index (χ1n) is 24.9. The van der Waals surface area contributed by atoms with Crippen LogP contribution < -0.4 is 0 Å². The summed E-state index contributed by atoms with van der Waals surface area (Å²) in [7, 11) is 0. The number of rotatable bonds is 45. The van der Waals surface area contributed by atoms with E-state index in [-0.39, 0.29) is 31.1 Å². The highest BCUT2D eigenvalue weighted by atomic mass is 16.6. The summed E-state index contributed by atoms with van der Waals surface area (Å²) < 4.78 is 16.8. The highest BCUT2D eigenvalue weighted by molar-refractivity contribution is 5.71. The first-order chi connectivity index (χ1) is 27.4. The second-order valence-corrected chi connectivity index (χ2v) is 17.6. The zero-order valence-corrected chi connectivity index (χ0v) is 38.1. The summed E-state index contributed by atoms with van der Waals surface area (Å²) in [6, 6.07) is 0. The van der Waals surface area contributed by atoms with Gasteiger partial charge in [0.2, 0.25) is 0 Å². The van der Waals surface area contributed by atoms with Gasteiger partial charge in [-0.3, -0.25) is 14.4 Å². The van der Waals surface area contributed by atoms with E-state index >= 15 is 0 Å². The highest BCUT2D eigenvalue weighted by Crippen LogP contribution is 2.17. The molecule has 0 saturated carbocycles. The van der Waals surface area contributed by atoms with Crippen LogP contribution in [0.15, 0.2) is 0 Å². The fourth-order valence-corrected chi connectivity index (χ4v) is 7.51. The van der Waals surface area contributed by atoms with Crippen molar-refractivity contribution in [2.45, 2.75) is 284 Å². The average Bonchev–Trinajstić information content (AvgIpc) is 3.18. The molecule has 332 valence electrons. The molecule has 0 aromatic heterocycles. The van der Waals surface area contributed by atoms with E-state index in [1.54, 1.807) is 0 Å². The fraction of sp³-hybridized carbons (Fsp3) is 0.940. The zero-order valence-electron chi connectivity index (χ0n) is 38.1. The van der Waals surface area contributed by atoms with Crippen molar-refractivity contribution < 1.29 is 28.6 Å². The Morgan fingerprint density at radius 3 is 0.875 bits per heavy atom. The lowest BCUT2D eigenvalue weighted by Crippen LogP contribution is -2.30. The number of hydrogen-bond donors (Lipinski definition) is 0. The number of ether oxygens (including phenoxy) is 3. The molecule has 0 aromatic rings. The highest BCUT2D eigenvalue weighted by Gasteiger charge is 2.19. The number of unbranched alkanes of at least 4 members (excludes halogenated alkanes) is 32. The van der Waals surface area contributed by atoms with E-state index in [1.807, 2.05) is 0 Å². The second kappa shape index (κ2) is 44.5. The van der Waals surface area contributed by atoms with Gasteiger partial charge < -0.3 is 14.2 Å². The summed E-state index contributed by atoms with van der Waals surface area (Å²) in [4.78, 5) is 37.8. The van der Waals surface area contributed by atoms with Gasteiger partial charge in [-0.25, -0.2) is 0 Å². The smallest absolute Gasteiger partial charge is 0.306 e. The van der Waals surface area contributed by atoms with Crippen LogP contribution in [0, 0.1) is 5.92 Å². The van der Waals surface area contributed by atoms with E-state index in [9.17, 15) is 14.4 Å². The van der Waals surface area contributed by atoms with Gasteiger partial charge in [-0.15, -0.1) is 0 Å². The van der Waals surface area contributed by atoms with Crippen LogP contribution in [-0.2, 0) is 28.6 Å². The third-order valence-corrected chi connectivity index (χ3v) is 11.3. The molecule has 0 aromatic carbocycles. The average molecular weight is 793 g/mol. The van der Waals surface area contributed by atoms with Crippen LogP contribution in [0.2, 0.25) is 0 Å². The van der Waals surface area contributed by atoms with Crippen molar-refractivity contribution in [3.8, 4) is 0 Å². The minimum absolute atomic E-state index is 0.0634. The molecule has 6 heteroatoms. The molecule has 0 heterocycles. The van der Waals surface area contributed by atoms with Gasteiger partial charge in [0.25, 0.3) is 0 Å². The lowest BCUT2D eigenvalue weighted by Gasteiger charge is -2.18. The minimum Gasteiger partial charge on any atom is -0.462 e. The van der Waals surface area contributed by atoms with Gasteiger partial charge in [-0.05, 0) is 25.2 Å². The molecule has 0 aliphatic carbocycles. The molecule has 1 atom stereocenters. The van der Waals surface area contributed by atoms with E-state index in [2.05, 4.69) is 27.7 Å². The molecule has 0 radical (unpaired) electrons. The molecule has 0 aliphatic heterocycles. The lowest BCUT2D eigenvalue weighted by atomic mass is 10.0. The molecule has 0 fully saturated rings. The second-order valence-electron chi connectivity index (χ2n) is 17.6. The fourth-order valence-electron chi connectivity index (χ4n) is 7.51. The SMILES string of the molecule is CCCCCCCCCCCCCCCCCC(=O)O[C@@H](COC(=O)CCCCCCCCCCCCCC)COC(=O)CCCCCCCCCCC(C)C. The van der Waals surface area contributed by atoms with Crippen molar-refractivity contribution in [2.24, 2.45) is 5.92 Å². The summed E-state index contributed by atoms with van der Waals surface area (Å²) in [5.41, 5.74) is 0. The number of esters is 3. The van der Waals surface area contributed by atoms with Crippen molar-refractivity contribution in [2.75, 3.05) is 13.2 Å². The number of carbonyl (C=O) groups is 3. The Labute approximate surface area is 348 Å². The van der Waals surface area contributed by atoms with Crippen molar-refractivity contribution >= 4 is 17.9 Å². The summed E-state index contributed by atoms with van der Waals surface area (Å²) in [6.07, 6.45) is 45.1. The quantitative estimate of drug-likeness (QED) is 0.0347. The van der Waals surface area contributed by atoms with Crippen LogP contribution in [0.25, 0.3) is 0 Å². The van der Waals surface area contributed by atoms with Gasteiger partial charge in [-0.2, -0.15) is 0 Å². The number of hydrogen-bond acceptors (Lipinski definition) is 6. The van der Waals surface area contributed by atoms with Crippen LogP contribution in [0.4, 0.5) is 0 Å². The van der Waals surface area contributed by atoms with Crippen LogP contribution in [0.1, 0.15) is 278 Å². The maximum absolute atomic E-state index is 12.8. The Morgan fingerprint density at radius 2 is 0.589 bits per heavy atom. The zero-order chi connectivity index (χ0) is 41.0. The van der Waals surface area contributed by atoms with E-state index in [0.717, 1.165) is 63.7 Å². The monoisotopic (exact) mass is 793 g/mol. The molecule has 6 nitrogen and oxygen atoms in total. The van der Waals surface area contributed by atoms with E-state index in [0.29, 0.717) is 19.3 Å². The standard InChI is InChI=1S/C50H96O6/c1-5-7-9-11-13-15-17-19-20-21-23-25-31-35-39-43-50(53)56-47(45-55-49(52)42-38-34-30-27-26-28-32-36-40-46(3)4)44-54-48(51)41-37-33-29-24-22-18-16-14-12-10-8-6-2/h46-47H,5-45H2,1-4H3/t47-/m0/s1. The summed E-state index contributed by atoms with van der Waals surface area (Å²) >= 11 is 0. The Morgan fingerprint density at radius 1 is 0.339 bits per heavy atom. The molecule has 0 saturated heterocycles. The summed E-state index contributed by atoms with van der Waals surface area (Å²) in [5, 5.41) is 0. The molecule has 0 unspecified atom stereocenters. The largest absolute Gasteiger partial charge is 0.462 e. The Bertz CT molecular complexity index is 841. The van der Waals surface area contributed by atoms with Crippen molar-refractivity contribution in [3.05, 3.63) is 0 Å². The maximum Gasteiger partial charge on any atom is 0.306 e. The Kier molecular flexibility index (Phi) is 43.2. The van der Waals surface area contributed by atoms with Crippen LogP contribution in [0.5, 0.6) is 0 Å². The van der Waals surface area contributed by atoms with Gasteiger partial charge in [0.15, 0.2) is 6.10 Å². The first kappa shape index (κ1) is 54.4. The molecule has 0 rings (SSSR count). The summed E-state index contributed by atoms with van der Waals surface area (Å²) in [6.45, 7) is 8.98. The van der Waals surface area contributed by atoms with Crippen LogP contribution >= 0.6 is 0 Å². The molecule has 56 heavy (non-hydrogen) atoms. The molecule has 0 N–H and O–H groups in total. The predicted octanol–water partition coefficient (Wildman–Crippen LogP) is 15.9. The normalized spacial score (nSPS) is 11.9. The van der Waals surface area contributed by atoms with Gasteiger partial charge in [0.05, 0.1) is 0 Å².